The zero-order chi connectivity index (χ0) is 18.8. The van der Waals surface area contributed by atoms with Gasteiger partial charge < -0.3 is 9.64 Å². The Labute approximate surface area is 158 Å². The molecule has 0 saturated carbocycles. The Hall–Kier alpha value is -3.04. The Bertz CT molecular complexity index is 1010. The van der Waals surface area contributed by atoms with Crippen LogP contribution in [0.4, 0.5) is 16.5 Å². The number of nitrogens with zero attached hydrogens (tertiary/aromatic N) is 3. The number of carbonyl (C=O) groups is 1. The van der Waals surface area contributed by atoms with Crippen molar-refractivity contribution in [3.63, 3.8) is 0 Å². The molecule has 138 valence electrons. The lowest BCUT2D eigenvalue weighted by molar-refractivity contribution is -0.384. The van der Waals surface area contributed by atoms with Crippen LogP contribution in [0.3, 0.4) is 0 Å². The van der Waals surface area contributed by atoms with Gasteiger partial charge in [0, 0.05) is 36.5 Å². The first kappa shape index (κ1) is 17.4. The van der Waals surface area contributed by atoms with Gasteiger partial charge in [-0.2, -0.15) is 0 Å². The number of thiazole rings is 1. The highest BCUT2D eigenvalue weighted by Gasteiger charge is 2.15. The van der Waals surface area contributed by atoms with Crippen LogP contribution in [0.5, 0.6) is 0 Å². The fraction of sp³-hybridized carbons (Fsp3) is 0.222. The van der Waals surface area contributed by atoms with Crippen molar-refractivity contribution in [3.05, 3.63) is 58.1 Å². The third kappa shape index (κ3) is 3.74. The SMILES string of the molecule is O=C(Nc1nc2ccc(N3CCOCC3)cc2s1)c1cccc([N+](=O)[O-])c1. The number of carbonyl (C=O) groups excluding carboxylic acids is 1. The maximum Gasteiger partial charge on any atom is 0.270 e. The smallest absolute Gasteiger partial charge is 0.270 e. The number of benzene rings is 2. The van der Waals surface area contributed by atoms with Gasteiger partial charge in [0.05, 0.1) is 28.4 Å². The van der Waals surface area contributed by atoms with Crippen LogP contribution in [0, 0.1) is 10.1 Å². The molecule has 1 aliphatic rings. The second-order valence-electron chi connectivity index (χ2n) is 6.03. The third-order valence-electron chi connectivity index (χ3n) is 4.29. The number of hydrogen-bond donors (Lipinski definition) is 1. The van der Waals surface area contributed by atoms with Gasteiger partial charge in [0.2, 0.25) is 0 Å². The van der Waals surface area contributed by atoms with Gasteiger partial charge in [-0.05, 0) is 24.3 Å². The molecule has 8 nitrogen and oxygen atoms in total. The van der Waals surface area contributed by atoms with Crippen LogP contribution in [-0.4, -0.2) is 42.1 Å². The zero-order valence-corrected chi connectivity index (χ0v) is 15.1. The molecule has 1 saturated heterocycles. The topological polar surface area (TPSA) is 97.6 Å². The first-order valence-electron chi connectivity index (χ1n) is 8.39. The monoisotopic (exact) mass is 384 g/mol. The molecule has 0 aliphatic carbocycles. The first-order chi connectivity index (χ1) is 13.1. The maximum absolute atomic E-state index is 12.4. The molecule has 27 heavy (non-hydrogen) atoms. The van der Waals surface area contributed by atoms with E-state index >= 15 is 0 Å². The van der Waals surface area contributed by atoms with Gasteiger partial charge >= 0.3 is 0 Å². The number of morpholine rings is 1. The van der Waals surface area contributed by atoms with Crippen molar-refractivity contribution in [3.8, 4) is 0 Å². The zero-order valence-electron chi connectivity index (χ0n) is 14.3. The average Bonchev–Trinajstić information content (AvgIpc) is 3.10. The van der Waals surface area contributed by atoms with Crippen LogP contribution >= 0.6 is 11.3 Å². The molecule has 0 bridgehead atoms. The number of aromatic nitrogens is 1. The van der Waals surface area contributed by atoms with E-state index in [0.717, 1.165) is 29.0 Å². The van der Waals surface area contributed by atoms with Crippen molar-refractivity contribution < 1.29 is 14.5 Å². The second-order valence-corrected chi connectivity index (χ2v) is 7.06. The summed E-state index contributed by atoms with van der Waals surface area (Å²) in [5.41, 5.74) is 2.00. The van der Waals surface area contributed by atoms with E-state index in [1.54, 1.807) is 0 Å². The Morgan fingerprint density at radius 3 is 2.81 bits per heavy atom. The first-order valence-corrected chi connectivity index (χ1v) is 9.21. The molecule has 1 aliphatic heterocycles. The number of nitro groups is 1. The summed E-state index contributed by atoms with van der Waals surface area (Å²) in [5.74, 6) is -0.425. The maximum atomic E-state index is 12.4. The largest absolute Gasteiger partial charge is 0.378 e. The molecule has 1 amide bonds. The molecule has 2 heterocycles. The number of nitrogens with one attached hydrogen (secondary N) is 1. The number of nitro benzene ring substituents is 1. The lowest BCUT2D eigenvalue weighted by Gasteiger charge is -2.28. The van der Waals surface area contributed by atoms with Crippen LogP contribution in [0.25, 0.3) is 10.2 Å². The minimum absolute atomic E-state index is 0.123. The summed E-state index contributed by atoms with van der Waals surface area (Å²) >= 11 is 1.37. The van der Waals surface area contributed by atoms with E-state index in [-0.39, 0.29) is 11.3 Å². The van der Waals surface area contributed by atoms with Crippen LogP contribution in [-0.2, 0) is 4.74 Å². The summed E-state index contributed by atoms with van der Waals surface area (Å²) in [6.45, 7) is 3.12. The second kappa shape index (κ2) is 7.29. The van der Waals surface area contributed by atoms with Gasteiger partial charge in [0.1, 0.15) is 0 Å². The fourth-order valence-electron chi connectivity index (χ4n) is 2.92. The van der Waals surface area contributed by atoms with Crippen molar-refractivity contribution in [1.82, 2.24) is 4.98 Å². The van der Waals surface area contributed by atoms with Crippen LogP contribution < -0.4 is 10.2 Å². The number of amides is 1. The van der Waals surface area contributed by atoms with Crippen molar-refractivity contribution in [2.24, 2.45) is 0 Å². The Kier molecular flexibility index (Phi) is 4.69. The quantitative estimate of drug-likeness (QED) is 0.548. The summed E-state index contributed by atoms with van der Waals surface area (Å²) in [6.07, 6.45) is 0. The predicted octanol–water partition coefficient (Wildman–Crippen LogP) is 3.29. The molecule has 9 heteroatoms. The van der Waals surface area contributed by atoms with E-state index in [1.165, 1.54) is 35.6 Å². The normalized spacial score (nSPS) is 14.3. The standard InChI is InChI=1S/C18H16N4O4S/c23-17(12-2-1-3-14(10-12)22(24)25)20-18-19-15-5-4-13(11-16(15)27-18)21-6-8-26-9-7-21/h1-5,10-11H,6-9H2,(H,19,20,23). The van der Waals surface area contributed by atoms with Crippen LogP contribution in [0.2, 0.25) is 0 Å². The summed E-state index contributed by atoms with van der Waals surface area (Å²) in [6, 6.07) is 11.6. The predicted molar refractivity (Wildman–Crippen MR) is 104 cm³/mol. The fourth-order valence-corrected chi connectivity index (χ4v) is 3.81. The lowest BCUT2D eigenvalue weighted by Crippen LogP contribution is -2.36. The number of rotatable bonds is 4. The molecule has 2 aromatic carbocycles. The van der Waals surface area contributed by atoms with Gasteiger partial charge in [-0.25, -0.2) is 4.98 Å². The molecule has 3 aromatic rings. The highest BCUT2D eigenvalue weighted by molar-refractivity contribution is 7.22. The Morgan fingerprint density at radius 1 is 1.22 bits per heavy atom. The van der Waals surface area contributed by atoms with Crippen LogP contribution in [0.1, 0.15) is 10.4 Å². The van der Waals surface area contributed by atoms with E-state index in [2.05, 4.69) is 21.3 Å². The van der Waals surface area contributed by atoms with E-state index in [9.17, 15) is 14.9 Å². The van der Waals surface area contributed by atoms with Gasteiger partial charge in [-0.3, -0.25) is 20.2 Å². The van der Waals surface area contributed by atoms with Crippen molar-refractivity contribution in [2.75, 3.05) is 36.5 Å². The number of hydrogen-bond acceptors (Lipinski definition) is 7. The van der Waals surface area contributed by atoms with Gasteiger partial charge in [0.15, 0.2) is 5.13 Å². The van der Waals surface area contributed by atoms with Gasteiger partial charge in [-0.1, -0.05) is 17.4 Å². The lowest BCUT2D eigenvalue weighted by atomic mass is 10.2. The van der Waals surface area contributed by atoms with Gasteiger partial charge in [-0.15, -0.1) is 0 Å². The Morgan fingerprint density at radius 2 is 2.04 bits per heavy atom. The van der Waals surface area contributed by atoms with E-state index in [1.807, 2.05) is 12.1 Å². The summed E-state index contributed by atoms with van der Waals surface area (Å²) in [7, 11) is 0. The number of fused-ring (bicyclic) bond motifs is 1. The van der Waals surface area contributed by atoms with Crippen LogP contribution in [0.15, 0.2) is 42.5 Å². The molecule has 1 N–H and O–H groups in total. The molecule has 1 fully saturated rings. The third-order valence-corrected chi connectivity index (χ3v) is 5.22. The molecule has 0 radical (unpaired) electrons. The summed E-state index contributed by atoms with van der Waals surface area (Å²) in [5, 5.41) is 14.0. The van der Waals surface area contributed by atoms with Crippen molar-refractivity contribution in [1.29, 1.82) is 0 Å². The molecule has 4 rings (SSSR count). The minimum atomic E-state index is -0.526. The number of anilines is 2. The molecule has 0 spiro atoms. The van der Waals surface area contributed by atoms with E-state index < -0.39 is 10.8 Å². The molecular weight excluding hydrogens is 368 g/mol. The van der Waals surface area contributed by atoms with Crippen molar-refractivity contribution in [2.45, 2.75) is 0 Å². The van der Waals surface area contributed by atoms with E-state index in [4.69, 9.17) is 4.74 Å². The highest BCUT2D eigenvalue weighted by atomic mass is 32.1. The Balaban J connectivity index is 1.54. The molecule has 1 aromatic heterocycles. The minimum Gasteiger partial charge on any atom is -0.378 e. The number of ether oxygens (including phenoxy) is 1. The summed E-state index contributed by atoms with van der Waals surface area (Å²) in [4.78, 5) is 29.4. The van der Waals surface area contributed by atoms with Gasteiger partial charge in [0.25, 0.3) is 11.6 Å². The van der Waals surface area contributed by atoms with E-state index in [0.29, 0.717) is 18.3 Å². The molecular formula is C18H16N4O4S. The average molecular weight is 384 g/mol. The summed E-state index contributed by atoms with van der Waals surface area (Å²) < 4.78 is 6.35. The number of non-ortho nitro benzene ring substituents is 1. The highest BCUT2D eigenvalue weighted by Crippen LogP contribution is 2.30. The molecule has 0 unspecified atom stereocenters. The molecule has 0 atom stereocenters. The van der Waals surface area contributed by atoms with Crippen molar-refractivity contribution >= 4 is 44.0 Å².